The van der Waals surface area contributed by atoms with Crippen LogP contribution in [0.25, 0.3) is 0 Å². The average Bonchev–Trinajstić information content (AvgIpc) is 2.49. The molecule has 122 valence electrons. The van der Waals surface area contributed by atoms with E-state index in [1.54, 1.807) is 24.3 Å². The quantitative estimate of drug-likeness (QED) is 0.722. The van der Waals surface area contributed by atoms with E-state index in [0.717, 1.165) is 25.9 Å². The predicted molar refractivity (Wildman–Crippen MR) is 86.4 cm³/mol. The van der Waals surface area contributed by atoms with Gasteiger partial charge in [0.15, 0.2) is 0 Å². The lowest BCUT2D eigenvalue weighted by Crippen LogP contribution is -2.45. The van der Waals surface area contributed by atoms with Crippen molar-refractivity contribution >= 4 is 24.2 Å². The summed E-state index contributed by atoms with van der Waals surface area (Å²) in [6.07, 6.45) is 2.43. The summed E-state index contributed by atoms with van der Waals surface area (Å²) in [6.45, 7) is 2.17. The molecule has 1 aliphatic heterocycles. The summed E-state index contributed by atoms with van der Waals surface area (Å²) in [4.78, 5) is 22.7. The Kier molecular flexibility index (Phi) is 7.70. The Morgan fingerprint density at radius 1 is 1.32 bits per heavy atom. The van der Waals surface area contributed by atoms with Gasteiger partial charge in [-0.15, -0.1) is 12.4 Å². The van der Waals surface area contributed by atoms with Gasteiger partial charge in [0.2, 0.25) is 11.8 Å². The van der Waals surface area contributed by atoms with Crippen LogP contribution >= 0.6 is 12.4 Å². The van der Waals surface area contributed by atoms with Crippen LogP contribution in [-0.4, -0.2) is 37.6 Å². The molecule has 2 rings (SSSR count). The van der Waals surface area contributed by atoms with Gasteiger partial charge in [0, 0.05) is 18.2 Å². The summed E-state index contributed by atoms with van der Waals surface area (Å²) in [7, 11) is 0. The molecule has 1 heterocycles. The van der Waals surface area contributed by atoms with Gasteiger partial charge < -0.3 is 21.1 Å². The van der Waals surface area contributed by atoms with Crippen molar-refractivity contribution in [3.05, 3.63) is 29.8 Å². The molecule has 0 aliphatic carbocycles. The fourth-order valence-electron chi connectivity index (χ4n) is 2.25. The van der Waals surface area contributed by atoms with Gasteiger partial charge in [0.25, 0.3) is 0 Å². The molecule has 7 heteroatoms. The molecule has 0 saturated carbocycles. The normalized spacial score (nSPS) is 17.2. The molecule has 6 nitrogen and oxygen atoms in total. The van der Waals surface area contributed by atoms with Gasteiger partial charge in [0.05, 0.1) is 13.0 Å². The van der Waals surface area contributed by atoms with Crippen molar-refractivity contribution in [2.45, 2.75) is 25.3 Å². The number of halogens is 1. The number of carbonyl (C=O) groups excluding carboxylic acids is 2. The monoisotopic (exact) mass is 327 g/mol. The standard InChI is InChI=1S/C15H21N3O3.ClH/c16-15(20)11-3-5-13(6-4-11)21-9-7-14(19)18-12-2-1-8-17-10-12;/h3-6,12,17H,1-2,7-10H2,(H2,16,20)(H,18,19);1H/t12-;/m0./s1. The number of hydrogen-bond acceptors (Lipinski definition) is 4. The van der Waals surface area contributed by atoms with E-state index in [9.17, 15) is 9.59 Å². The number of benzene rings is 1. The molecule has 1 aliphatic rings. The summed E-state index contributed by atoms with van der Waals surface area (Å²) >= 11 is 0. The number of primary amides is 1. The molecule has 0 spiro atoms. The number of ether oxygens (including phenoxy) is 1. The molecule has 0 radical (unpaired) electrons. The van der Waals surface area contributed by atoms with Crippen molar-refractivity contribution in [3.63, 3.8) is 0 Å². The van der Waals surface area contributed by atoms with Crippen LogP contribution in [0.3, 0.4) is 0 Å². The van der Waals surface area contributed by atoms with Crippen LogP contribution in [0.4, 0.5) is 0 Å². The molecule has 1 atom stereocenters. The average molecular weight is 328 g/mol. The molecule has 2 amide bonds. The van der Waals surface area contributed by atoms with E-state index in [0.29, 0.717) is 24.3 Å². The van der Waals surface area contributed by atoms with Crippen LogP contribution in [0, 0.1) is 0 Å². The molecule has 1 aromatic rings. The highest BCUT2D eigenvalue weighted by Crippen LogP contribution is 2.12. The third-order valence-electron chi connectivity index (χ3n) is 3.40. The summed E-state index contributed by atoms with van der Waals surface area (Å²) in [5.41, 5.74) is 5.59. The van der Waals surface area contributed by atoms with E-state index >= 15 is 0 Å². The highest BCUT2D eigenvalue weighted by Gasteiger charge is 2.14. The first-order valence-electron chi connectivity index (χ1n) is 7.18. The van der Waals surface area contributed by atoms with Crippen molar-refractivity contribution in [3.8, 4) is 5.75 Å². The Morgan fingerprint density at radius 3 is 2.64 bits per heavy atom. The van der Waals surface area contributed by atoms with Crippen LogP contribution in [0.1, 0.15) is 29.6 Å². The van der Waals surface area contributed by atoms with E-state index in [1.165, 1.54) is 0 Å². The number of piperidine rings is 1. The second-order valence-corrected chi connectivity index (χ2v) is 5.10. The summed E-state index contributed by atoms with van der Waals surface area (Å²) in [5, 5.41) is 6.24. The molecular formula is C15H22ClN3O3. The summed E-state index contributed by atoms with van der Waals surface area (Å²) in [6, 6.07) is 6.77. The molecule has 4 N–H and O–H groups in total. The van der Waals surface area contributed by atoms with Crippen molar-refractivity contribution in [1.82, 2.24) is 10.6 Å². The van der Waals surface area contributed by atoms with Crippen LogP contribution in [0.15, 0.2) is 24.3 Å². The number of nitrogens with one attached hydrogen (secondary N) is 2. The molecule has 0 unspecified atom stereocenters. The molecule has 1 saturated heterocycles. The number of hydrogen-bond donors (Lipinski definition) is 3. The summed E-state index contributed by atoms with van der Waals surface area (Å²) in [5.74, 6) is 0.145. The Hall–Kier alpha value is -1.79. The van der Waals surface area contributed by atoms with Crippen LogP contribution in [0.2, 0.25) is 0 Å². The summed E-state index contributed by atoms with van der Waals surface area (Å²) < 4.78 is 5.47. The van der Waals surface area contributed by atoms with E-state index in [4.69, 9.17) is 10.5 Å². The van der Waals surface area contributed by atoms with Gasteiger partial charge in [-0.25, -0.2) is 0 Å². The van der Waals surface area contributed by atoms with Gasteiger partial charge in [-0.05, 0) is 43.7 Å². The number of carbonyl (C=O) groups is 2. The van der Waals surface area contributed by atoms with E-state index < -0.39 is 5.91 Å². The zero-order valence-electron chi connectivity index (χ0n) is 12.3. The van der Waals surface area contributed by atoms with E-state index in [-0.39, 0.29) is 24.4 Å². The fourth-order valence-corrected chi connectivity index (χ4v) is 2.25. The first kappa shape index (κ1) is 18.3. The van der Waals surface area contributed by atoms with Crippen molar-refractivity contribution < 1.29 is 14.3 Å². The lowest BCUT2D eigenvalue weighted by molar-refractivity contribution is -0.122. The molecule has 1 aromatic carbocycles. The molecule has 0 bridgehead atoms. The second kappa shape index (κ2) is 9.27. The molecular weight excluding hydrogens is 306 g/mol. The lowest BCUT2D eigenvalue weighted by atomic mass is 10.1. The third-order valence-corrected chi connectivity index (χ3v) is 3.40. The minimum absolute atomic E-state index is 0. The van der Waals surface area contributed by atoms with Crippen LogP contribution in [-0.2, 0) is 4.79 Å². The maximum atomic E-state index is 11.8. The molecule has 1 fully saturated rings. The largest absolute Gasteiger partial charge is 0.493 e. The van der Waals surface area contributed by atoms with E-state index in [1.807, 2.05) is 0 Å². The van der Waals surface area contributed by atoms with Crippen molar-refractivity contribution in [2.75, 3.05) is 19.7 Å². The Bertz CT molecular complexity index is 487. The zero-order chi connectivity index (χ0) is 15.1. The molecule has 0 aromatic heterocycles. The van der Waals surface area contributed by atoms with Gasteiger partial charge in [0.1, 0.15) is 5.75 Å². The van der Waals surface area contributed by atoms with Crippen LogP contribution < -0.4 is 21.1 Å². The number of rotatable bonds is 6. The number of nitrogens with two attached hydrogens (primary N) is 1. The maximum Gasteiger partial charge on any atom is 0.248 e. The highest BCUT2D eigenvalue weighted by atomic mass is 35.5. The highest BCUT2D eigenvalue weighted by molar-refractivity contribution is 5.92. The lowest BCUT2D eigenvalue weighted by Gasteiger charge is -2.23. The van der Waals surface area contributed by atoms with Gasteiger partial charge in [-0.2, -0.15) is 0 Å². The Labute approximate surface area is 136 Å². The number of amides is 2. The maximum absolute atomic E-state index is 11.8. The van der Waals surface area contributed by atoms with Crippen molar-refractivity contribution in [2.24, 2.45) is 5.73 Å². The minimum Gasteiger partial charge on any atom is -0.493 e. The minimum atomic E-state index is -0.470. The smallest absolute Gasteiger partial charge is 0.248 e. The SMILES string of the molecule is Cl.NC(=O)c1ccc(OCCC(=O)N[C@H]2CCCNC2)cc1. The van der Waals surface area contributed by atoms with Crippen molar-refractivity contribution in [1.29, 1.82) is 0 Å². The van der Waals surface area contributed by atoms with Gasteiger partial charge in [-0.1, -0.05) is 0 Å². The fraction of sp³-hybridized carbons (Fsp3) is 0.467. The van der Waals surface area contributed by atoms with E-state index in [2.05, 4.69) is 10.6 Å². The first-order chi connectivity index (χ1) is 10.1. The molecule has 22 heavy (non-hydrogen) atoms. The topological polar surface area (TPSA) is 93.5 Å². The second-order valence-electron chi connectivity index (χ2n) is 5.10. The van der Waals surface area contributed by atoms with Gasteiger partial charge in [-0.3, -0.25) is 9.59 Å². The van der Waals surface area contributed by atoms with Gasteiger partial charge >= 0.3 is 0 Å². The van der Waals surface area contributed by atoms with Crippen LogP contribution in [0.5, 0.6) is 5.75 Å². The first-order valence-corrected chi connectivity index (χ1v) is 7.18. The predicted octanol–water partition coefficient (Wildman–Crippen LogP) is 0.844. The zero-order valence-corrected chi connectivity index (χ0v) is 13.2. The third kappa shape index (κ3) is 5.91. The Morgan fingerprint density at radius 2 is 2.05 bits per heavy atom. The Balaban J connectivity index is 0.00000242.